The van der Waals surface area contributed by atoms with Gasteiger partial charge in [0.05, 0.1) is 74.5 Å². The molecular weight excluding hydrogens is 1380 g/mol. The Morgan fingerprint density at radius 2 is 0.731 bits per heavy atom. The fourth-order valence-corrected chi connectivity index (χ4v) is 7.10. The molecule has 0 bridgehead atoms. The van der Waals surface area contributed by atoms with E-state index < -0.39 is 93.2 Å². The van der Waals surface area contributed by atoms with Gasteiger partial charge >= 0.3 is 78.5 Å². The molecule has 32 heteroatoms. The Morgan fingerprint density at radius 3 is 0.989 bits per heavy atom. The van der Waals surface area contributed by atoms with Crippen molar-refractivity contribution in [1.29, 1.82) is 0 Å². The Hall–Kier alpha value is -6.95. The van der Waals surface area contributed by atoms with Crippen LogP contribution in [0.5, 0.6) is 0 Å². The molecule has 1 aliphatic heterocycles. The van der Waals surface area contributed by atoms with Gasteiger partial charge < -0.3 is 21.7 Å². The number of nitrogens with two attached hydrogens (primary N) is 2. The zero-order chi connectivity index (χ0) is 71.0. The summed E-state index contributed by atoms with van der Waals surface area (Å²) >= 11 is -1.33. The predicted molar refractivity (Wildman–Crippen MR) is 315 cm³/mol. The number of ketones is 2. The third-order valence-corrected chi connectivity index (χ3v) is 11.4. The second-order valence-corrected chi connectivity index (χ2v) is 24.3. The van der Waals surface area contributed by atoms with Gasteiger partial charge in [-0.1, -0.05) is 72.8 Å². The van der Waals surface area contributed by atoms with Crippen LogP contribution in [0.2, 0.25) is 0 Å². The molecule has 8 rings (SSSR count). The first-order chi connectivity index (χ1) is 42.9. The quantitative estimate of drug-likeness (QED) is 0.0503. The van der Waals surface area contributed by atoms with Crippen LogP contribution >= 0.6 is 30.3 Å². The number of aromatic nitrogens is 2. The van der Waals surface area contributed by atoms with Crippen molar-refractivity contribution >= 4 is 53.3 Å². The molecule has 509 valence electrons. The predicted octanol–water partition coefficient (Wildman–Crippen LogP) is 17.7. The molecule has 1 aliphatic rings. The number of rotatable bonds is 8. The molecule has 1 aromatic heterocycles. The van der Waals surface area contributed by atoms with Crippen molar-refractivity contribution in [3.8, 4) is 22.5 Å². The van der Waals surface area contributed by atoms with E-state index in [1.807, 2.05) is 6.92 Å². The van der Waals surface area contributed by atoms with Crippen molar-refractivity contribution in [3.05, 3.63) is 213 Å². The molecule has 2 atom stereocenters. The zero-order valence-electron chi connectivity index (χ0n) is 48.9. The van der Waals surface area contributed by atoms with Gasteiger partial charge in [-0.05, 0) is 107 Å². The minimum absolute atomic E-state index is 0.162. The monoisotopic (exact) mass is 1440 g/mol. The summed E-state index contributed by atoms with van der Waals surface area (Å²) < 4.78 is 228. The second kappa shape index (κ2) is 36.6. The van der Waals surface area contributed by atoms with Gasteiger partial charge in [0, 0.05) is 65.4 Å². The first-order valence-electron chi connectivity index (χ1n) is 26.4. The summed E-state index contributed by atoms with van der Waals surface area (Å²) in [6.45, 7) is 10.1. The average molecular weight is 1440 g/mol. The molecule has 0 aliphatic carbocycles. The number of Topliss-reactive ketones (excluding diaryl/α,β-unsaturated/α-hetero) is 2. The summed E-state index contributed by atoms with van der Waals surface area (Å²) in [5.74, 6) is -2.22. The maximum absolute atomic E-state index is 12.8. The van der Waals surface area contributed by atoms with E-state index in [-0.39, 0.29) is 42.1 Å². The van der Waals surface area contributed by atoms with Crippen LogP contribution in [0.4, 0.5) is 79.0 Å². The number of aliphatic imine (C=N–C) groups is 2. The van der Waals surface area contributed by atoms with Crippen LogP contribution in [0.1, 0.15) is 98.6 Å². The van der Waals surface area contributed by atoms with Crippen molar-refractivity contribution in [3.63, 3.8) is 0 Å². The maximum atomic E-state index is 12.8. The fourth-order valence-electron chi connectivity index (χ4n) is 7.10. The van der Waals surface area contributed by atoms with Gasteiger partial charge in [0.25, 0.3) is 0 Å². The van der Waals surface area contributed by atoms with Crippen LogP contribution < -0.4 is 11.5 Å². The number of hydrogen-bond donors (Lipinski definition) is 4. The van der Waals surface area contributed by atoms with E-state index in [2.05, 4.69) is 20.0 Å². The first kappa shape index (κ1) is 82.1. The molecular formula is C61H56Cl3F18FeN6O4. The molecule has 10 nitrogen and oxygen atoms in total. The Balaban J connectivity index is 0.000000428. The van der Waals surface area contributed by atoms with E-state index in [9.17, 15) is 88.6 Å². The average Bonchev–Trinajstić information content (AvgIpc) is 1.12. The van der Waals surface area contributed by atoms with Gasteiger partial charge in [0.1, 0.15) is 0 Å². The summed E-state index contributed by atoms with van der Waals surface area (Å²) in [6, 6.07) is 23.6. The Kier molecular flexibility index (Phi) is 32.4. The molecule has 6 N–H and O–H groups in total. The van der Waals surface area contributed by atoms with E-state index in [4.69, 9.17) is 52.0 Å². The van der Waals surface area contributed by atoms with Crippen LogP contribution in [0.25, 0.3) is 22.5 Å². The number of aliphatic hydroxyl groups excluding tert-OH is 2. The van der Waals surface area contributed by atoms with E-state index >= 15 is 0 Å². The molecule has 7 aromatic rings. The normalized spacial score (nSPS) is 13.6. The summed E-state index contributed by atoms with van der Waals surface area (Å²) in [7, 11) is 14.7. The summed E-state index contributed by atoms with van der Waals surface area (Å²) in [5.41, 5.74) is 7.94. The van der Waals surface area contributed by atoms with Crippen LogP contribution in [0.3, 0.4) is 0 Å². The van der Waals surface area contributed by atoms with Gasteiger partial charge in [-0.25, -0.2) is 4.98 Å². The third-order valence-electron chi connectivity index (χ3n) is 11.4. The number of hydrogen-bond acceptors (Lipinski definition) is 10. The van der Waals surface area contributed by atoms with Gasteiger partial charge in [-0.2, -0.15) is 79.0 Å². The summed E-state index contributed by atoms with van der Waals surface area (Å²) in [5, 5.41) is 15.1. The molecule has 0 radical (unpaired) electrons. The standard InChI is InChI=1S/C19H14F6N2.C19H12F6N2.C16H8F6O2.C3H10N2.2C2H6O.3ClH.Fe/c2*1-11-10-26-16(12-2-6-14(7-3-12)18(20,21)22)17(27-11)13-4-8-15(9-5-13)19(23,24)25;17-15(18,19)11-5-1-9(2-6-11)13(23)14(24)10-3-7-12(8-4-10)16(20,21)22;1-3(5)2-4;2*1-2-3;;;;/h2-9,11H,10H2,1H3;2-10H,1H3;1-8H;3H,2,4-5H2,1H3;2*3H,2H2,1H3;3*1H;/q;;;;;;;;;+3/p-3. The minimum atomic E-state index is -4.58. The van der Waals surface area contributed by atoms with Crippen molar-refractivity contribution < 1.29 is 110 Å². The Morgan fingerprint density at radius 1 is 0.495 bits per heavy atom. The van der Waals surface area contributed by atoms with Crippen molar-refractivity contribution in [2.45, 2.75) is 83.8 Å². The SMILES string of the molecule is CC(N)CN.CC1CN=C(c2ccc(C(F)(F)F)cc2)C(c2ccc(C(F)(F)F)cc2)=N1.CCO.CCO.Cc1cnc(-c2ccc(C(F)(F)F)cc2)c(-c2ccc(C(F)(F)F)cc2)n1.O=C(C(=O)c1ccc(C(F)(F)F)cc1)c1ccc(C(F)(F)F)cc1.[Cl][Fe]([Cl])[Cl]. The molecule has 0 spiro atoms. The van der Waals surface area contributed by atoms with Crippen LogP contribution in [0.15, 0.2) is 162 Å². The Labute approximate surface area is 537 Å². The molecule has 0 saturated heterocycles. The number of nitrogens with zero attached hydrogens (tertiary/aromatic N) is 4. The van der Waals surface area contributed by atoms with E-state index in [1.54, 1.807) is 27.7 Å². The van der Waals surface area contributed by atoms with Crippen molar-refractivity contribution in [2.24, 2.45) is 21.5 Å². The number of carbonyl (C=O) groups is 2. The number of alkyl halides is 18. The number of halogens is 21. The molecule has 2 heterocycles. The molecule has 2 unspecified atom stereocenters. The van der Waals surface area contributed by atoms with Gasteiger partial charge in [-0.15, -0.1) is 0 Å². The van der Waals surface area contributed by atoms with Crippen LogP contribution in [-0.2, 0) is 48.2 Å². The number of aryl methyl sites for hydroxylation is 1. The van der Waals surface area contributed by atoms with E-state index in [0.717, 1.165) is 72.8 Å². The molecule has 0 fully saturated rings. The van der Waals surface area contributed by atoms with Gasteiger partial charge in [0.2, 0.25) is 11.6 Å². The zero-order valence-corrected chi connectivity index (χ0v) is 52.2. The van der Waals surface area contributed by atoms with Crippen molar-refractivity contribution in [1.82, 2.24) is 9.97 Å². The van der Waals surface area contributed by atoms with E-state index in [1.165, 1.54) is 54.7 Å². The van der Waals surface area contributed by atoms with Crippen LogP contribution in [-0.4, -0.2) is 81.6 Å². The number of carbonyl (C=O) groups excluding carboxylic acids is 2. The van der Waals surface area contributed by atoms with Gasteiger partial charge in [0.15, 0.2) is 0 Å². The molecule has 0 amide bonds. The third kappa shape index (κ3) is 27.9. The van der Waals surface area contributed by atoms with Crippen LogP contribution in [0, 0.1) is 6.92 Å². The second-order valence-electron chi connectivity index (χ2n) is 18.8. The van der Waals surface area contributed by atoms with E-state index in [0.29, 0.717) is 82.4 Å². The first-order valence-corrected chi connectivity index (χ1v) is 30.9. The molecule has 93 heavy (non-hydrogen) atoms. The molecule has 6 aromatic carbocycles. The van der Waals surface area contributed by atoms with Gasteiger partial charge in [-0.3, -0.25) is 24.6 Å². The molecule has 0 saturated carbocycles. The topological polar surface area (TPSA) is 177 Å². The Bertz CT molecular complexity index is 3420. The fraction of sp³-hybridized carbons (Fsp3) is 0.279. The number of benzene rings is 6. The summed E-state index contributed by atoms with van der Waals surface area (Å²) in [6.07, 6.45) is -25.6. The van der Waals surface area contributed by atoms with Crippen molar-refractivity contribution in [2.75, 3.05) is 26.3 Å². The summed E-state index contributed by atoms with van der Waals surface area (Å²) in [4.78, 5) is 41.2. The number of aliphatic hydroxyl groups is 2.